The Bertz CT molecular complexity index is 1040. The van der Waals surface area contributed by atoms with Gasteiger partial charge in [0.25, 0.3) is 0 Å². The number of nitrogens with zero attached hydrogens (tertiary/aromatic N) is 3. The predicted molar refractivity (Wildman–Crippen MR) is 101 cm³/mol. The normalized spacial score (nSPS) is 12.1. The van der Waals surface area contributed by atoms with Gasteiger partial charge in [-0.05, 0) is 16.3 Å². The molecule has 0 saturated carbocycles. The predicted octanol–water partition coefficient (Wildman–Crippen LogP) is 3.33. The molecule has 0 amide bonds. The molecule has 0 atom stereocenters. The molecule has 4 aromatic rings. The minimum atomic E-state index is -0.238. The van der Waals surface area contributed by atoms with Gasteiger partial charge in [-0.1, -0.05) is 56.3 Å². The number of aromatic amines is 1. The van der Waals surface area contributed by atoms with E-state index in [-0.39, 0.29) is 5.41 Å². The lowest BCUT2D eigenvalue weighted by Crippen LogP contribution is -2.29. The molecule has 0 saturated heterocycles. The van der Waals surface area contributed by atoms with E-state index >= 15 is 0 Å². The SMILES string of the molecule is CC(C)(CN)c1ncnc2n[nH]c(Cc3cccc4ccccc34)c12. The first-order chi connectivity index (χ1) is 12.1. The highest BCUT2D eigenvalue weighted by Gasteiger charge is 2.26. The van der Waals surface area contributed by atoms with Crippen LogP contribution in [0.3, 0.4) is 0 Å². The van der Waals surface area contributed by atoms with Crippen molar-refractivity contribution in [2.24, 2.45) is 5.73 Å². The lowest BCUT2D eigenvalue weighted by Gasteiger charge is -2.22. The van der Waals surface area contributed by atoms with Crippen LogP contribution in [0.25, 0.3) is 21.8 Å². The van der Waals surface area contributed by atoms with E-state index in [4.69, 9.17) is 5.73 Å². The Labute approximate surface area is 146 Å². The molecule has 3 N–H and O–H groups in total. The number of hydrogen-bond donors (Lipinski definition) is 2. The molecular formula is C20H21N5. The quantitative estimate of drug-likeness (QED) is 0.601. The van der Waals surface area contributed by atoms with Crippen molar-refractivity contribution >= 4 is 21.8 Å². The van der Waals surface area contributed by atoms with Gasteiger partial charge in [0.05, 0.1) is 16.8 Å². The van der Waals surface area contributed by atoms with Crippen molar-refractivity contribution in [3.8, 4) is 0 Å². The minimum Gasteiger partial charge on any atom is -0.330 e. The van der Waals surface area contributed by atoms with Gasteiger partial charge in [0.1, 0.15) is 6.33 Å². The van der Waals surface area contributed by atoms with Crippen LogP contribution in [0, 0.1) is 0 Å². The van der Waals surface area contributed by atoms with Crippen LogP contribution in [0.1, 0.15) is 30.8 Å². The van der Waals surface area contributed by atoms with Crippen molar-refractivity contribution in [1.82, 2.24) is 20.2 Å². The maximum atomic E-state index is 5.98. The summed E-state index contributed by atoms with van der Waals surface area (Å²) in [6.45, 7) is 4.71. The highest BCUT2D eigenvalue weighted by molar-refractivity contribution is 5.87. The fourth-order valence-corrected chi connectivity index (χ4v) is 3.29. The van der Waals surface area contributed by atoms with E-state index in [0.717, 1.165) is 23.2 Å². The first-order valence-corrected chi connectivity index (χ1v) is 8.45. The van der Waals surface area contributed by atoms with Gasteiger partial charge in [0, 0.05) is 18.4 Å². The number of aromatic nitrogens is 4. The molecule has 2 heterocycles. The van der Waals surface area contributed by atoms with Gasteiger partial charge in [0.2, 0.25) is 0 Å². The monoisotopic (exact) mass is 331 g/mol. The molecule has 0 aliphatic rings. The number of hydrogen-bond acceptors (Lipinski definition) is 4. The van der Waals surface area contributed by atoms with E-state index in [1.165, 1.54) is 16.3 Å². The number of nitrogens with one attached hydrogen (secondary N) is 1. The number of nitrogens with two attached hydrogens (primary N) is 1. The van der Waals surface area contributed by atoms with E-state index < -0.39 is 0 Å². The van der Waals surface area contributed by atoms with Crippen LogP contribution in [0.2, 0.25) is 0 Å². The molecule has 126 valence electrons. The van der Waals surface area contributed by atoms with Gasteiger partial charge in [-0.15, -0.1) is 0 Å². The van der Waals surface area contributed by atoms with Crippen molar-refractivity contribution < 1.29 is 0 Å². The first-order valence-electron chi connectivity index (χ1n) is 8.45. The summed E-state index contributed by atoms with van der Waals surface area (Å²) in [4.78, 5) is 8.86. The molecule has 0 radical (unpaired) electrons. The van der Waals surface area contributed by atoms with E-state index in [2.05, 4.69) is 76.5 Å². The van der Waals surface area contributed by atoms with E-state index in [0.29, 0.717) is 12.2 Å². The average molecular weight is 331 g/mol. The topological polar surface area (TPSA) is 80.5 Å². The molecule has 0 aliphatic heterocycles. The Balaban J connectivity index is 1.88. The van der Waals surface area contributed by atoms with Crippen LogP contribution in [0.4, 0.5) is 0 Å². The molecule has 4 rings (SSSR count). The molecule has 5 nitrogen and oxygen atoms in total. The second-order valence-corrected chi connectivity index (χ2v) is 7.03. The second-order valence-electron chi connectivity index (χ2n) is 7.03. The Hall–Kier alpha value is -2.79. The van der Waals surface area contributed by atoms with Crippen LogP contribution >= 0.6 is 0 Å². The first kappa shape index (κ1) is 15.7. The Morgan fingerprint density at radius 2 is 1.84 bits per heavy atom. The highest BCUT2D eigenvalue weighted by Crippen LogP contribution is 2.30. The van der Waals surface area contributed by atoms with Crippen LogP contribution < -0.4 is 5.73 Å². The fourth-order valence-electron chi connectivity index (χ4n) is 3.29. The van der Waals surface area contributed by atoms with Crippen LogP contribution in [-0.4, -0.2) is 26.7 Å². The molecule has 0 fully saturated rings. The van der Waals surface area contributed by atoms with E-state index in [1.54, 1.807) is 6.33 Å². The van der Waals surface area contributed by atoms with Crippen LogP contribution in [0.5, 0.6) is 0 Å². The summed E-state index contributed by atoms with van der Waals surface area (Å²) in [7, 11) is 0. The molecular weight excluding hydrogens is 310 g/mol. The molecule has 2 aromatic heterocycles. The number of benzene rings is 2. The molecule has 0 spiro atoms. The molecule has 5 heteroatoms. The summed E-state index contributed by atoms with van der Waals surface area (Å²) in [5, 5.41) is 11.0. The highest BCUT2D eigenvalue weighted by atomic mass is 15.2. The lowest BCUT2D eigenvalue weighted by molar-refractivity contribution is 0.526. The molecule has 0 unspecified atom stereocenters. The van der Waals surface area contributed by atoms with Gasteiger partial charge < -0.3 is 5.73 Å². The Morgan fingerprint density at radius 1 is 1.04 bits per heavy atom. The van der Waals surface area contributed by atoms with Crippen molar-refractivity contribution in [2.45, 2.75) is 25.7 Å². The molecule has 2 aromatic carbocycles. The van der Waals surface area contributed by atoms with Crippen LogP contribution in [0.15, 0.2) is 48.8 Å². The van der Waals surface area contributed by atoms with Gasteiger partial charge in [-0.25, -0.2) is 9.97 Å². The van der Waals surface area contributed by atoms with Gasteiger partial charge in [-0.2, -0.15) is 5.10 Å². The third-order valence-electron chi connectivity index (χ3n) is 4.82. The summed E-state index contributed by atoms with van der Waals surface area (Å²) >= 11 is 0. The third kappa shape index (κ3) is 2.66. The van der Waals surface area contributed by atoms with Gasteiger partial charge in [-0.3, -0.25) is 5.10 Å². The lowest BCUT2D eigenvalue weighted by atomic mass is 9.86. The summed E-state index contributed by atoms with van der Waals surface area (Å²) in [6, 6.07) is 14.8. The van der Waals surface area contributed by atoms with Crippen molar-refractivity contribution in [3.63, 3.8) is 0 Å². The molecule has 25 heavy (non-hydrogen) atoms. The summed E-state index contributed by atoms with van der Waals surface area (Å²) < 4.78 is 0. The summed E-state index contributed by atoms with van der Waals surface area (Å²) in [5.41, 5.74) is 9.68. The van der Waals surface area contributed by atoms with Gasteiger partial charge >= 0.3 is 0 Å². The maximum Gasteiger partial charge on any atom is 0.184 e. The summed E-state index contributed by atoms with van der Waals surface area (Å²) in [5.74, 6) is 0. The van der Waals surface area contributed by atoms with Crippen molar-refractivity contribution in [2.75, 3.05) is 6.54 Å². The van der Waals surface area contributed by atoms with Crippen LogP contribution in [-0.2, 0) is 11.8 Å². The fraction of sp³-hybridized carbons (Fsp3) is 0.250. The number of fused-ring (bicyclic) bond motifs is 2. The smallest absolute Gasteiger partial charge is 0.184 e. The third-order valence-corrected chi connectivity index (χ3v) is 4.82. The zero-order valence-electron chi connectivity index (χ0n) is 14.5. The average Bonchev–Trinajstić information content (AvgIpc) is 3.05. The zero-order valence-corrected chi connectivity index (χ0v) is 14.5. The standard InChI is InChI=1S/C20H21N5/c1-20(2,11-21)18-17-16(24-25-19(17)23-12-22-18)10-14-8-5-7-13-6-3-4-9-15(13)14/h3-9,12H,10-11,21H2,1-2H3,(H,22,23,24,25). The number of rotatable bonds is 4. The molecule has 0 aliphatic carbocycles. The molecule has 0 bridgehead atoms. The number of H-pyrrole nitrogens is 1. The van der Waals surface area contributed by atoms with Gasteiger partial charge in [0.15, 0.2) is 5.65 Å². The largest absolute Gasteiger partial charge is 0.330 e. The minimum absolute atomic E-state index is 0.238. The van der Waals surface area contributed by atoms with E-state index in [1.807, 2.05) is 0 Å². The maximum absolute atomic E-state index is 5.98. The summed E-state index contributed by atoms with van der Waals surface area (Å²) in [6.07, 6.45) is 2.32. The Morgan fingerprint density at radius 3 is 2.68 bits per heavy atom. The van der Waals surface area contributed by atoms with Crippen molar-refractivity contribution in [3.05, 3.63) is 65.7 Å². The zero-order chi connectivity index (χ0) is 17.4. The Kier molecular flexibility index (Phi) is 3.73. The van der Waals surface area contributed by atoms with E-state index in [9.17, 15) is 0 Å². The van der Waals surface area contributed by atoms with Crippen molar-refractivity contribution in [1.29, 1.82) is 0 Å². The second kappa shape index (κ2) is 5.93.